The lowest BCUT2D eigenvalue weighted by atomic mass is 9.93. The molecule has 7 nitrogen and oxygen atoms in total. The fourth-order valence-electron chi connectivity index (χ4n) is 5.06. The molecule has 0 bridgehead atoms. The first-order chi connectivity index (χ1) is 15.0. The summed E-state index contributed by atoms with van der Waals surface area (Å²) in [4.78, 5) is 5.29. The van der Waals surface area contributed by atoms with Gasteiger partial charge in [0.1, 0.15) is 5.75 Å². The summed E-state index contributed by atoms with van der Waals surface area (Å²) in [6, 6.07) is 9.23. The van der Waals surface area contributed by atoms with Crippen molar-refractivity contribution >= 4 is 0 Å². The Bertz CT molecular complexity index is 819. The van der Waals surface area contributed by atoms with Crippen LogP contribution in [0.3, 0.4) is 0 Å². The summed E-state index contributed by atoms with van der Waals surface area (Å²) >= 11 is 0. The van der Waals surface area contributed by atoms with E-state index in [2.05, 4.69) is 58.2 Å². The molecule has 1 aliphatic heterocycles. The minimum Gasteiger partial charge on any atom is -0.497 e. The van der Waals surface area contributed by atoms with Crippen LogP contribution in [0.5, 0.6) is 5.75 Å². The van der Waals surface area contributed by atoms with Crippen LogP contribution in [0.15, 0.2) is 24.3 Å². The standard InChI is InChI=1S/C24H38N6O/c1-5-24(2,3)30-23(25-26-27-30)22(19-11-13-21(31-4)14-12-19)29-17-15-28(16-18-29)20-9-7-6-8-10-20/h11-14,20,22H,5-10,15-18H2,1-4H3. The molecule has 0 amide bonds. The first-order valence-electron chi connectivity index (χ1n) is 11.9. The van der Waals surface area contributed by atoms with Crippen LogP contribution in [-0.2, 0) is 5.54 Å². The Morgan fingerprint density at radius 1 is 1.03 bits per heavy atom. The van der Waals surface area contributed by atoms with Gasteiger partial charge in [-0.05, 0) is 61.2 Å². The number of ether oxygens (including phenoxy) is 1. The smallest absolute Gasteiger partial charge is 0.173 e. The van der Waals surface area contributed by atoms with Crippen molar-refractivity contribution < 1.29 is 4.74 Å². The molecular weight excluding hydrogens is 388 g/mol. The van der Waals surface area contributed by atoms with E-state index in [0.717, 1.165) is 50.2 Å². The SMILES string of the molecule is CCC(C)(C)n1nnnc1C(c1ccc(OC)cc1)N1CCN(C2CCCCC2)CC1. The normalized spacial score (nSPS) is 20.6. The number of hydrogen-bond acceptors (Lipinski definition) is 6. The minimum atomic E-state index is -0.131. The van der Waals surface area contributed by atoms with E-state index in [1.165, 1.54) is 37.7 Å². The van der Waals surface area contributed by atoms with Crippen molar-refractivity contribution in [1.82, 2.24) is 30.0 Å². The van der Waals surface area contributed by atoms with Gasteiger partial charge in [-0.3, -0.25) is 9.80 Å². The highest BCUT2D eigenvalue weighted by atomic mass is 16.5. The number of rotatable bonds is 7. The summed E-state index contributed by atoms with van der Waals surface area (Å²) < 4.78 is 7.43. The quantitative estimate of drug-likeness (QED) is 0.670. The maximum Gasteiger partial charge on any atom is 0.173 e. The van der Waals surface area contributed by atoms with Crippen molar-refractivity contribution in [2.75, 3.05) is 33.3 Å². The van der Waals surface area contributed by atoms with Crippen molar-refractivity contribution in [2.45, 2.75) is 76.9 Å². The van der Waals surface area contributed by atoms with Gasteiger partial charge >= 0.3 is 0 Å². The molecule has 1 aliphatic carbocycles. The fraction of sp³-hybridized carbons (Fsp3) is 0.708. The van der Waals surface area contributed by atoms with Gasteiger partial charge < -0.3 is 4.74 Å². The zero-order chi connectivity index (χ0) is 21.8. The average Bonchev–Trinajstić information content (AvgIpc) is 3.31. The molecule has 1 aromatic carbocycles. The average molecular weight is 427 g/mol. The first kappa shape index (κ1) is 22.2. The number of hydrogen-bond donors (Lipinski definition) is 0. The molecule has 31 heavy (non-hydrogen) atoms. The number of benzene rings is 1. The molecule has 1 saturated heterocycles. The summed E-state index contributed by atoms with van der Waals surface area (Å²) in [7, 11) is 1.71. The van der Waals surface area contributed by atoms with Crippen molar-refractivity contribution in [3.8, 4) is 5.75 Å². The Labute approximate surface area is 186 Å². The Morgan fingerprint density at radius 2 is 1.71 bits per heavy atom. The third-order valence-corrected chi connectivity index (χ3v) is 7.41. The molecule has 0 N–H and O–H groups in total. The number of tetrazole rings is 1. The molecule has 7 heteroatoms. The van der Waals surface area contributed by atoms with Gasteiger partial charge in [0.05, 0.1) is 18.7 Å². The molecule has 0 radical (unpaired) electrons. The summed E-state index contributed by atoms with van der Waals surface area (Å²) in [5.41, 5.74) is 1.09. The molecule has 4 rings (SSSR count). The maximum absolute atomic E-state index is 5.40. The van der Waals surface area contributed by atoms with Gasteiger partial charge in [-0.2, -0.15) is 0 Å². The van der Waals surface area contributed by atoms with E-state index in [-0.39, 0.29) is 11.6 Å². The molecule has 0 spiro atoms. The summed E-state index contributed by atoms with van der Waals surface area (Å²) in [5, 5.41) is 13.1. The van der Waals surface area contributed by atoms with E-state index in [1.54, 1.807) is 7.11 Å². The molecule has 2 aliphatic rings. The Kier molecular flexibility index (Phi) is 6.92. The first-order valence-corrected chi connectivity index (χ1v) is 11.9. The van der Waals surface area contributed by atoms with E-state index in [0.29, 0.717) is 0 Å². The summed E-state index contributed by atoms with van der Waals surface area (Å²) in [6.45, 7) is 10.9. The Morgan fingerprint density at radius 3 is 2.32 bits per heavy atom. The van der Waals surface area contributed by atoms with E-state index in [9.17, 15) is 0 Å². The molecular formula is C24H38N6O. The van der Waals surface area contributed by atoms with Gasteiger partial charge in [-0.1, -0.05) is 38.3 Å². The lowest BCUT2D eigenvalue weighted by molar-refractivity contribution is 0.0606. The highest BCUT2D eigenvalue weighted by Gasteiger charge is 2.35. The van der Waals surface area contributed by atoms with E-state index >= 15 is 0 Å². The van der Waals surface area contributed by atoms with Crippen LogP contribution < -0.4 is 4.74 Å². The van der Waals surface area contributed by atoms with Crippen molar-refractivity contribution in [3.63, 3.8) is 0 Å². The molecule has 2 fully saturated rings. The van der Waals surface area contributed by atoms with Crippen LogP contribution in [0, 0.1) is 0 Å². The van der Waals surface area contributed by atoms with Crippen molar-refractivity contribution in [1.29, 1.82) is 0 Å². The van der Waals surface area contributed by atoms with Gasteiger partial charge in [0.25, 0.3) is 0 Å². The molecule has 1 unspecified atom stereocenters. The number of nitrogens with zero attached hydrogens (tertiary/aromatic N) is 6. The van der Waals surface area contributed by atoms with E-state index < -0.39 is 0 Å². The van der Waals surface area contributed by atoms with Gasteiger partial charge in [-0.25, -0.2) is 4.68 Å². The second-order valence-corrected chi connectivity index (χ2v) is 9.65. The van der Waals surface area contributed by atoms with Gasteiger partial charge in [0.15, 0.2) is 5.82 Å². The van der Waals surface area contributed by atoms with Crippen molar-refractivity contribution in [3.05, 3.63) is 35.7 Å². The fourth-order valence-corrected chi connectivity index (χ4v) is 5.06. The largest absolute Gasteiger partial charge is 0.497 e. The van der Waals surface area contributed by atoms with Crippen molar-refractivity contribution in [2.24, 2.45) is 0 Å². The van der Waals surface area contributed by atoms with E-state index in [1.807, 2.05) is 16.8 Å². The summed E-state index contributed by atoms with van der Waals surface area (Å²) in [5.74, 6) is 1.81. The van der Waals surface area contributed by atoms with Crippen LogP contribution in [0.4, 0.5) is 0 Å². The highest BCUT2D eigenvalue weighted by molar-refractivity contribution is 5.32. The third-order valence-electron chi connectivity index (χ3n) is 7.41. The zero-order valence-corrected chi connectivity index (χ0v) is 19.6. The van der Waals surface area contributed by atoms with Crippen LogP contribution in [0.1, 0.15) is 76.7 Å². The van der Waals surface area contributed by atoms with E-state index in [4.69, 9.17) is 4.74 Å². The maximum atomic E-state index is 5.40. The second kappa shape index (κ2) is 9.65. The van der Waals surface area contributed by atoms with Crippen LogP contribution in [0.2, 0.25) is 0 Å². The lowest BCUT2D eigenvalue weighted by Gasteiger charge is -2.43. The topological polar surface area (TPSA) is 59.3 Å². The van der Waals surface area contributed by atoms with Gasteiger partial charge in [0.2, 0.25) is 0 Å². The Balaban J connectivity index is 1.60. The van der Waals surface area contributed by atoms with Crippen LogP contribution >= 0.6 is 0 Å². The number of piperazine rings is 1. The monoisotopic (exact) mass is 426 g/mol. The number of methoxy groups -OCH3 is 1. The minimum absolute atomic E-state index is 0.0419. The molecule has 1 atom stereocenters. The number of aromatic nitrogens is 4. The molecule has 1 aromatic heterocycles. The zero-order valence-electron chi connectivity index (χ0n) is 19.6. The second-order valence-electron chi connectivity index (χ2n) is 9.65. The van der Waals surface area contributed by atoms with Crippen LogP contribution in [-0.4, -0.2) is 69.3 Å². The predicted molar refractivity (Wildman–Crippen MR) is 122 cm³/mol. The van der Waals surface area contributed by atoms with Crippen LogP contribution in [0.25, 0.3) is 0 Å². The Hall–Kier alpha value is -1.99. The highest BCUT2D eigenvalue weighted by Crippen LogP contribution is 2.33. The third kappa shape index (κ3) is 4.77. The summed E-state index contributed by atoms with van der Waals surface area (Å²) in [6.07, 6.45) is 7.89. The van der Waals surface area contributed by atoms with Gasteiger partial charge in [-0.15, -0.1) is 5.10 Å². The predicted octanol–water partition coefficient (Wildman–Crippen LogP) is 3.87. The molecule has 2 heterocycles. The molecule has 1 saturated carbocycles. The molecule has 2 aromatic rings. The molecule has 170 valence electrons. The van der Waals surface area contributed by atoms with Gasteiger partial charge in [0, 0.05) is 32.2 Å². The lowest BCUT2D eigenvalue weighted by Crippen LogP contribution is -2.52.